The highest BCUT2D eigenvalue weighted by Crippen LogP contribution is 2.89. The first-order valence-corrected chi connectivity index (χ1v) is 21.2. The van der Waals surface area contributed by atoms with Gasteiger partial charge in [0, 0.05) is 11.8 Å². The molecule has 8 unspecified atom stereocenters. The molecule has 10 N–H and O–H groups in total. The van der Waals surface area contributed by atoms with Crippen LogP contribution in [0.1, 0.15) is 106 Å². The molecule has 0 aromatic heterocycles. The van der Waals surface area contributed by atoms with E-state index in [9.17, 15) is 51.1 Å². The van der Waals surface area contributed by atoms with Crippen LogP contribution in [0.5, 0.6) is 0 Å². The van der Waals surface area contributed by atoms with Crippen molar-refractivity contribution in [2.75, 3.05) is 19.8 Å². The first-order valence-electron chi connectivity index (χ1n) is 21.2. The molecule has 2 spiro atoms. The lowest BCUT2D eigenvalue weighted by Gasteiger charge is -2.64. The Morgan fingerprint density at radius 3 is 1.89 bits per heavy atom. The van der Waals surface area contributed by atoms with Crippen LogP contribution in [0.15, 0.2) is 11.3 Å². The summed E-state index contributed by atoms with van der Waals surface area (Å²) in [4.78, 5) is 0. The number of hydrogen-bond donors (Lipinski definition) is 10. The number of fused-ring (bicyclic) bond motifs is 2. The lowest BCUT2D eigenvalue weighted by Crippen LogP contribution is -2.63. The highest BCUT2D eigenvalue weighted by atomic mass is 16.7. The topological polar surface area (TPSA) is 239 Å². The van der Waals surface area contributed by atoms with Gasteiger partial charge in [-0.25, -0.2) is 0 Å². The fourth-order valence-electron chi connectivity index (χ4n) is 14.3. The number of rotatable bonds is 11. The second kappa shape index (κ2) is 15.2. The lowest BCUT2D eigenvalue weighted by atomic mass is 9.41. The van der Waals surface area contributed by atoms with Gasteiger partial charge in [-0.1, -0.05) is 27.7 Å². The van der Waals surface area contributed by atoms with E-state index in [2.05, 4.69) is 27.7 Å². The molecule has 21 atom stereocenters. The van der Waals surface area contributed by atoms with Crippen molar-refractivity contribution in [1.82, 2.24) is 0 Å². The molecule has 7 aliphatic rings. The van der Waals surface area contributed by atoms with Crippen LogP contribution < -0.4 is 0 Å². The molecule has 56 heavy (non-hydrogen) atoms. The molecule has 0 bridgehead atoms. The maximum atomic E-state index is 11.9. The third kappa shape index (κ3) is 6.29. The summed E-state index contributed by atoms with van der Waals surface area (Å²) in [6, 6.07) is 0. The zero-order chi connectivity index (χ0) is 40.9. The Labute approximate surface area is 330 Å². The quantitative estimate of drug-likeness (QED) is 0.106. The summed E-state index contributed by atoms with van der Waals surface area (Å²) in [5.41, 5.74) is -0.102. The first kappa shape index (κ1) is 43.1. The van der Waals surface area contributed by atoms with Crippen LogP contribution in [0.3, 0.4) is 0 Å². The van der Waals surface area contributed by atoms with Crippen LogP contribution in [-0.4, -0.2) is 145 Å². The average molecular weight is 799 g/mol. The Hall–Kier alpha value is -0.980. The Balaban J connectivity index is 1.17. The zero-order valence-electron chi connectivity index (χ0n) is 34.0. The van der Waals surface area contributed by atoms with Gasteiger partial charge in [0.05, 0.1) is 37.8 Å². The number of allylic oxidation sites excluding steroid dienone is 2. The van der Waals surface area contributed by atoms with E-state index in [0.717, 1.165) is 56.9 Å². The van der Waals surface area contributed by atoms with E-state index < -0.39 is 92.2 Å². The van der Waals surface area contributed by atoms with Gasteiger partial charge in [-0.05, 0) is 123 Å². The molecule has 14 heteroatoms. The second-order valence-electron chi connectivity index (χ2n) is 20.1. The molecule has 14 nitrogen and oxygen atoms in total. The minimum atomic E-state index is -1.61. The fourth-order valence-corrected chi connectivity index (χ4v) is 14.3. The minimum Gasteiger partial charge on any atom is -0.512 e. The molecule has 0 aromatic carbocycles. The Morgan fingerprint density at radius 2 is 1.29 bits per heavy atom. The molecular formula is C42H70O14. The Kier molecular flexibility index (Phi) is 11.7. The van der Waals surface area contributed by atoms with Crippen molar-refractivity contribution in [2.45, 2.75) is 179 Å². The summed E-state index contributed by atoms with van der Waals surface area (Å²) in [5, 5.41) is 106. The molecule has 7 rings (SSSR count). The molecule has 0 amide bonds. The van der Waals surface area contributed by atoms with Crippen LogP contribution in [0.4, 0.5) is 0 Å². The number of hydrogen-bond acceptors (Lipinski definition) is 14. The van der Waals surface area contributed by atoms with Gasteiger partial charge in [0.2, 0.25) is 0 Å². The van der Waals surface area contributed by atoms with E-state index in [0.29, 0.717) is 24.5 Å². The molecular weight excluding hydrogens is 728 g/mol. The van der Waals surface area contributed by atoms with Gasteiger partial charge in [0.15, 0.2) is 12.6 Å². The fraction of sp³-hybridized carbons (Fsp3) is 0.952. The van der Waals surface area contributed by atoms with Gasteiger partial charge in [-0.3, -0.25) is 0 Å². The van der Waals surface area contributed by atoms with Crippen molar-refractivity contribution >= 4 is 0 Å². The first-order chi connectivity index (χ1) is 26.3. The molecule has 2 saturated heterocycles. The number of aliphatic hydroxyl groups excluding tert-OH is 10. The summed E-state index contributed by atoms with van der Waals surface area (Å²) >= 11 is 0. The van der Waals surface area contributed by atoms with Crippen molar-refractivity contribution in [2.24, 2.45) is 50.7 Å². The van der Waals surface area contributed by atoms with Gasteiger partial charge in [-0.2, -0.15) is 0 Å². The van der Waals surface area contributed by atoms with Crippen molar-refractivity contribution in [1.29, 1.82) is 0 Å². The van der Waals surface area contributed by atoms with Crippen molar-refractivity contribution in [3.63, 3.8) is 0 Å². The summed E-state index contributed by atoms with van der Waals surface area (Å²) < 4.78 is 24.6. The van der Waals surface area contributed by atoms with Crippen molar-refractivity contribution in [3.05, 3.63) is 11.3 Å². The van der Waals surface area contributed by atoms with Gasteiger partial charge in [0.1, 0.15) is 48.8 Å². The highest BCUT2D eigenvalue weighted by molar-refractivity contribution is 5.31. The predicted octanol–water partition coefficient (Wildman–Crippen LogP) is 1.65. The number of aliphatic hydroxyl groups is 10. The molecule has 7 fully saturated rings. The monoisotopic (exact) mass is 798 g/mol. The maximum absolute atomic E-state index is 11.9. The predicted molar refractivity (Wildman–Crippen MR) is 200 cm³/mol. The SMILES string of the molecule is CC(C)=C(O)CC[C@@H](C)C1C(O)C[C@@]2(C)C3CCC4C5(CCC(O[C@@H]6O[C@H](CO)[C@@H](O)[C@H](O)[C@H]6O)[C@@]4(C)CO[C@H]4O[C@H](CO)[C@@H](O)[C@H](O)[C@H]4O)CC35CCC12C. The third-order valence-corrected chi connectivity index (χ3v) is 17.5. The van der Waals surface area contributed by atoms with E-state index in [1.807, 2.05) is 13.8 Å². The molecule has 2 aliphatic heterocycles. The van der Waals surface area contributed by atoms with Crippen LogP contribution in [0.25, 0.3) is 0 Å². The summed E-state index contributed by atoms with van der Waals surface area (Å²) in [6.45, 7) is 11.8. The Bertz CT molecular complexity index is 1460. The van der Waals surface area contributed by atoms with Gasteiger partial charge in [-0.15, -0.1) is 0 Å². The molecule has 2 heterocycles. The minimum absolute atomic E-state index is 0.00322. The standard InChI is InChI=1S/C42H70O14/c1-20(2)22(45)8-7-21(3)29-23(46)15-40(6)27-10-9-26-38(4,19-53-36-34(51)32(49)30(47)24(16-43)54-36)28(56-37-35(52)33(50)31(48)25(17-44)55-37)11-12-41(26)18-42(27,41)14-13-39(29,40)5/h21,23-37,43-52H,7-19H2,1-6H3/t21-,23?,24-,25-,26?,27?,28?,29?,30-,31-,32+,33+,34-,35-,36+,37+,38+,39?,40+,41?,42?/m1/s1. The highest BCUT2D eigenvalue weighted by Gasteiger charge is 2.83. The normalized spacial score (nSPS) is 54.3. The lowest BCUT2D eigenvalue weighted by molar-refractivity contribution is -0.340. The van der Waals surface area contributed by atoms with E-state index in [4.69, 9.17) is 18.9 Å². The van der Waals surface area contributed by atoms with Crippen LogP contribution in [0.2, 0.25) is 0 Å². The van der Waals surface area contributed by atoms with Crippen molar-refractivity contribution < 1.29 is 70.0 Å². The smallest absolute Gasteiger partial charge is 0.186 e. The van der Waals surface area contributed by atoms with E-state index >= 15 is 0 Å². The van der Waals surface area contributed by atoms with E-state index in [-0.39, 0.29) is 46.0 Å². The molecule has 0 radical (unpaired) electrons. The average Bonchev–Trinajstić information content (AvgIpc) is 3.77. The van der Waals surface area contributed by atoms with Gasteiger partial charge in [0.25, 0.3) is 0 Å². The van der Waals surface area contributed by atoms with Gasteiger partial charge < -0.3 is 70.0 Å². The molecule has 0 aromatic rings. The van der Waals surface area contributed by atoms with E-state index in [1.165, 1.54) is 0 Å². The largest absolute Gasteiger partial charge is 0.512 e. The summed E-state index contributed by atoms with van der Waals surface area (Å²) in [6.07, 6.45) is -7.17. The zero-order valence-corrected chi connectivity index (χ0v) is 34.0. The molecule has 322 valence electrons. The number of ether oxygens (including phenoxy) is 4. The van der Waals surface area contributed by atoms with Crippen molar-refractivity contribution in [3.8, 4) is 0 Å². The third-order valence-electron chi connectivity index (χ3n) is 17.5. The van der Waals surface area contributed by atoms with Crippen LogP contribution >= 0.6 is 0 Å². The second-order valence-corrected chi connectivity index (χ2v) is 20.1. The van der Waals surface area contributed by atoms with Gasteiger partial charge >= 0.3 is 0 Å². The molecule has 5 aliphatic carbocycles. The van der Waals surface area contributed by atoms with Crippen LogP contribution in [-0.2, 0) is 18.9 Å². The summed E-state index contributed by atoms with van der Waals surface area (Å²) in [7, 11) is 0. The maximum Gasteiger partial charge on any atom is 0.186 e. The molecule has 5 saturated carbocycles. The van der Waals surface area contributed by atoms with Crippen LogP contribution in [0, 0.1) is 50.7 Å². The summed E-state index contributed by atoms with van der Waals surface area (Å²) in [5.74, 6) is 1.20. The Morgan fingerprint density at radius 1 is 0.714 bits per heavy atom. The van der Waals surface area contributed by atoms with E-state index in [1.54, 1.807) is 0 Å².